The minimum atomic E-state index is -0.656. The van der Waals surface area contributed by atoms with Gasteiger partial charge in [0.15, 0.2) is 11.9 Å². The summed E-state index contributed by atoms with van der Waals surface area (Å²) >= 11 is 0. The van der Waals surface area contributed by atoms with Crippen LogP contribution in [0.2, 0.25) is 0 Å². The third kappa shape index (κ3) is 2.66. The summed E-state index contributed by atoms with van der Waals surface area (Å²) in [5, 5.41) is 11.1. The molecule has 2 atom stereocenters. The lowest BCUT2D eigenvalue weighted by molar-refractivity contribution is -0.124. The summed E-state index contributed by atoms with van der Waals surface area (Å²) in [6.07, 6.45) is -0.611. The van der Waals surface area contributed by atoms with E-state index in [1.165, 1.54) is 17.0 Å². The zero-order valence-corrected chi connectivity index (χ0v) is 16.4. The molecule has 3 aromatic rings. The number of benzene rings is 2. The Morgan fingerprint density at radius 2 is 1.80 bits per heavy atom. The number of rotatable bonds is 3. The molecule has 1 saturated heterocycles. The molecule has 0 spiro atoms. The highest BCUT2D eigenvalue weighted by molar-refractivity contribution is 6.02. The predicted molar refractivity (Wildman–Crippen MR) is 107 cm³/mol. The van der Waals surface area contributed by atoms with E-state index in [4.69, 9.17) is 0 Å². The van der Waals surface area contributed by atoms with Crippen molar-refractivity contribution in [1.82, 2.24) is 25.0 Å². The van der Waals surface area contributed by atoms with E-state index >= 15 is 0 Å². The number of hydrogen-bond acceptors (Lipinski definition) is 5. The normalized spacial score (nSPS) is 20.2. The molecule has 30 heavy (non-hydrogen) atoms. The van der Waals surface area contributed by atoms with E-state index in [1.54, 1.807) is 23.7 Å². The summed E-state index contributed by atoms with van der Waals surface area (Å²) in [4.78, 5) is 28.6. The molecule has 3 amide bonds. The van der Waals surface area contributed by atoms with Crippen LogP contribution in [0.15, 0.2) is 48.5 Å². The first-order chi connectivity index (χ1) is 14.5. The number of carbonyl (C=O) groups excluding carboxylic acids is 2. The second-order valence-corrected chi connectivity index (χ2v) is 7.52. The number of carbonyl (C=O) groups is 2. The van der Waals surface area contributed by atoms with Crippen LogP contribution in [0.1, 0.15) is 17.3 Å². The van der Waals surface area contributed by atoms with Gasteiger partial charge < -0.3 is 9.80 Å². The molecule has 1 fully saturated rings. The molecule has 2 aromatic carbocycles. The van der Waals surface area contributed by atoms with Gasteiger partial charge in [0.25, 0.3) is 5.91 Å². The zero-order valence-electron chi connectivity index (χ0n) is 16.4. The van der Waals surface area contributed by atoms with E-state index in [9.17, 15) is 14.0 Å². The van der Waals surface area contributed by atoms with Crippen molar-refractivity contribution in [3.05, 3.63) is 65.5 Å². The number of nitrogens with zero attached hydrogens (tertiary/aromatic N) is 5. The fourth-order valence-electron chi connectivity index (χ4n) is 4.13. The fourth-order valence-corrected chi connectivity index (χ4v) is 4.13. The van der Waals surface area contributed by atoms with Gasteiger partial charge >= 0.3 is 6.03 Å². The molecule has 1 aromatic heterocycles. The molecule has 152 valence electrons. The van der Waals surface area contributed by atoms with Crippen LogP contribution in [0.3, 0.4) is 0 Å². The van der Waals surface area contributed by atoms with Gasteiger partial charge in [0, 0.05) is 19.2 Å². The van der Waals surface area contributed by atoms with E-state index in [1.807, 2.05) is 36.1 Å². The standard InChI is InChI=1S/C21H19FN6O2/c1-12-5-3-4-6-14(12)11-27-16-18(29)23-21(30)26(2)19(16)28-17(24-25-20(27)28)13-7-9-15(22)10-8-13/h3-10,16,19H,11H2,1-2H3,(H,23,29,30). The Hall–Kier alpha value is -3.75. The molecule has 5 rings (SSSR count). The first-order valence-corrected chi connectivity index (χ1v) is 9.55. The van der Waals surface area contributed by atoms with Crippen molar-refractivity contribution in [1.29, 1.82) is 0 Å². The lowest BCUT2D eigenvalue weighted by atomic mass is 10.1. The molecule has 0 bridgehead atoms. The van der Waals surface area contributed by atoms with Crippen molar-refractivity contribution in [3.63, 3.8) is 0 Å². The van der Waals surface area contributed by atoms with Crippen LogP contribution < -0.4 is 10.2 Å². The number of aryl methyl sites for hydroxylation is 1. The number of fused-ring (bicyclic) bond motifs is 3. The smallest absolute Gasteiger partial charge is 0.321 e. The summed E-state index contributed by atoms with van der Waals surface area (Å²) in [7, 11) is 1.63. The summed E-state index contributed by atoms with van der Waals surface area (Å²) in [6.45, 7) is 2.44. The van der Waals surface area contributed by atoms with Gasteiger partial charge in [-0.2, -0.15) is 0 Å². The molecule has 2 aliphatic rings. The van der Waals surface area contributed by atoms with E-state index in [-0.39, 0.29) is 11.7 Å². The second-order valence-electron chi connectivity index (χ2n) is 7.52. The molecule has 0 aliphatic carbocycles. The van der Waals surface area contributed by atoms with Crippen molar-refractivity contribution in [2.24, 2.45) is 0 Å². The SMILES string of the molecule is Cc1ccccc1CN1c2nnc(-c3ccc(F)cc3)n2C2C1C(=O)NC(=O)N2C. The van der Waals surface area contributed by atoms with Gasteiger partial charge in [-0.1, -0.05) is 24.3 Å². The van der Waals surface area contributed by atoms with Crippen molar-refractivity contribution >= 4 is 17.9 Å². The monoisotopic (exact) mass is 406 g/mol. The van der Waals surface area contributed by atoms with Crippen molar-refractivity contribution in [2.45, 2.75) is 25.7 Å². The number of anilines is 1. The van der Waals surface area contributed by atoms with Crippen molar-refractivity contribution in [3.8, 4) is 11.4 Å². The number of aromatic nitrogens is 3. The quantitative estimate of drug-likeness (QED) is 0.723. The van der Waals surface area contributed by atoms with Gasteiger partial charge in [-0.25, -0.2) is 9.18 Å². The number of urea groups is 1. The Balaban J connectivity index is 1.65. The number of hydrogen-bond donors (Lipinski definition) is 1. The van der Waals surface area contributed by atoms with Crippen LogP contribution in [0, 0.1) is 12.7 Å². The maximum atomic E-state index is 13.4. The highest BCUT2D eigenvalue weighted by atomic mass is 19.1. The highest BCUT2D eigenvalue weighted by Crippen LogP contribution is 2.41. The van der Waals surface area contributed by atoms with Gasteiger partial charge in [-0.3, -0.25) is 14.7 Å². The first-order valence-electron chi connectivity index (χ1n) is 9.55. The van der Waals surface area contributed by atoms with Gasteiger partial charge in [0.2, 0.25) is 5.95 Å². The molecule has 1 N–H and O–H groups in total. The van der Waals surface area contributed by atoms with Crippen LogP contribution in [0.4, 0.5) is 15.1 Å². The second kappa shape index (κ2) is 6.65. The first kappa shape index (κ1) is 18.3. The molecular weight excluding hydrogens is 387 g/mol. The largest absolute Gasteiger partial charge is 0.325 e. The summed E-state index contributed by atoms with van der Waals surface area (Å²) < 4.78 is 15.2. The molecular formula is C21H19FN6O2. The van der Waals surface area contributed by atoms with Gasteiger partial charge in [-0.05, 0) is 42.3 Å². The van der Waals surface area contributed by atoms with Gasteiger partial charge in [-0.15, -0.1) is 10.2 Å². The molecule has 8 nitrogen and oxygen atoms in total. The molecule has 2 aliphatic heterocycles. The van der Waals surface area contributed by atoms with Crippen molar-refractivity contribution < 1.29 is 14.0 Å². The number of amides is 3. The summed E-state index contributed by atoms with van der Waals surface area (Å²) in [5.41, 5.74) is 2.79. The summed E-state index contributed by atoms with van der Waals surface area (Å²) in [5.74, 6) is 0.224. The van der Waals surface area contributed by atoms with Crippen LogP contribution in [-0.4, -0.2) is 44.7 Å². The van der Waals surface area contributed by atoms with Crippen LogP contribution in [-0.2, 0) is 11.3 Å². The van der Waals surface area contributed by atoms with Crippen LogP contribution >= 0.6 is 0 Å². The summed E-state index contributed by atoms with van der Waals surface area (Å²) in [6, 6.07) is 12.7. The minimum Gasteiger partial charge on any atom is -0.321 e. The number of imide groups is 1. The third-order valence-electron chi connectivity index (χ3n) is 5.74. The van der Waals surface area contributed by atoms with Gasteiger partial charge in [0.05, 0.1) is 0 Å². The maximum Gasteiger partial charge on any atom is 0.325 e. The van der Waals surface area contributed by atoms with Crippen LogP contribution in [0.5, 0.6) is 0 Å². The van der Waals surface area contributed by atoms with E-state index in [0.717, 1.165) is 11.1 Å². The Bertz CT molecular complexity index is 1160. The van der Waals surface area contributed by atoms with Crippen LogP contribution in [0.25, 0.3) is 11.4 Å². The number of likely N-dealkylation sites (N-methyl/N-ethyl adjacent to an activating group) is 1. The third-order valence-corrected chi connectivity index (χ3v) is 5.74. The lowest BCUT2D eigenvalue weighted by Crippen LogP contribution is -2.61. The lowest BCUT2D eigenvalue weighted by Gasteiger charge is -2.37. The van der Waals surface area contributed by atoms with E-state index in [2.05, 4.69) is 15.5 Å². The molecule has 0 saturated carbocycles. The molecule has 9 heteroatoms. The Morgan fingerprint density at radius 3 is 2.53 bits per heavy atom. The Morgan fingerprint density at radius 1 is 1.07 bits per heavy atom. The molecule has 3 heterocycles. The topological polar surface area (TPSA) is 83.4 Å². The molecule has 2 unspecified atom stereocenters. The predicted octanol–water partition coefficient (Wildman–Crippen LogP) is 2.46. The number of nitrogens with one attached hydrogen (secondary N) is 1. The fraction of sp³-hybridized carbons (Fsp3) is 0.238. The molecule has 0 radical (unpaired) electrons. The Labute approximate surface area is 171 Å². The highest BCUT2D eigenvalue weighted by Gasteiger charge is 2.52. The maximum absolute atomic E-state index is 13.4. The average Bonchev–Trinajstić information content (AvgIpc) is 3.28. The zero-order chi connectivity index (χ0) is 21.0. The van der Waals surface area contributed by atoms with E-state index in [0.29, 0.717) is 23.9 Å². The number of halogens is 1. The van der Waals surface area contributed by atoms with Crippen molar-refractivity contribution in [2.75, 3.05) is 11.9 Å². The average molecular weight is 406 g/mol. The van der Waals surface area contributed by atoms with Gasteiger partial charge in [0.1, 0.15) is 12.0 Å². The Kier molecular flexibility index (Phi) is 4.05. The van der Waals surface area contributed by atoms with E-state index < -0.39 is 18.2 Å². The minimum absolute atomic E-state index is 0.358.